The van der Waals surface area contributed by atoms with Gasteiger partial charge in [-0.15, -0.1) is 0 Å². The second kappa shape index (κ2) is 8.14. The molecule has 7 heteroatoms. The lowest BCUT2D eigenvalue weighted by atomic mass is 10.1. The summed E-state index contributed by atoms with van der Waals surface area (Å²) in [5.74, 6) is -0.286. The maximum absolute atomic E-state index is 12.5. The molecule has 1 amide bonds. The Morgan fingerprint density at radius 3 is 2.12 bits per heavy atom. The number of anilines is 1. The summed E-state index contributed by atoms with van der Waals surface area (Å²) < 4.78 is 27.5. The van der Waals surface area contributed by atoms with Gasteiger partial charge in [-0.3, -0.25) is 14.3 Å². The van der Waals surface area contributed by atoms with Crippen molar-refractivity contribution in [2.75, 3.05) is 17.8 Å². The van der Waals surface area contributed by atoms with Gasteiger partial charge in [-0.25, -0.2) is 8.42 Å². The minimum absolute atomic E-state index is 0.0434. The highest BCUT2D eigenvalue weighted by molar-refractivity contribution is 7.92. The van der Waals surface area contributed by atoms with E-state index in [9.17, 15) is 18.0 Å². The average molecular weight is 374 g/mol. The van der Waals surface area contributed by atoms with Gasteiger partial charge >= 0.3 is 0 Å². The van der Waals surface area contributed by atoms with Crippen LogP contribution in [-0.2, 0) is 10.0 Å². The van der Waals surface area contributed by atoms with E-state index in [-0.39, 0.29) is 16.6 Å². The van der Waals surface area contributed by atoms with Gasteiger partial charge in [0, 0.05) is 29.9 Å². The molecule has 26 heavy (non-hydrogen) atoms. The van der Waals surface area contributed by atoms with E-state index < -0.39 is 10.0 Å². The number of nitrogens with one attached hydrogen (secondary N) is 1. The molecule has 0 radical (unpaired) electrons. The number of nitrogens with zero attached hydrogens (tertiary/aromatic N) is 1. The standard InChI is InChI=1S/C19H22N2O4S/c1-4-21(5-2)19(23)15-9-11-18(12-10-15)26(24,25)20-17-8-6-7-16(13-17)14(3)22/h6-13,20H,4-5H2,1-3H3. The lowest BCUT2D eigenvalue weighted by molar-refractivity contribution is 0.0772. The Morgan fingerprint density at radius 1 is 0.962 bits per heavy atom. The van der Waals surface area contributed by atoms with E-state index >= 15 is 0 Å². The molecule has 1 N–H and O–H groups in total. The van der Waals surface area contributed by atoms with Crippen LogP contribution in [0.2, 0.25) is 0 Å². The van der Waals surface area contributed by atoms with Crippen LogP contribution < -0.4 is 4.72 Å². The Balaban J connectivity index is 2.23. The number of hydrogen-bond donors (Lipinski definition) is 1. The molecule has 0 aromatic heterocycles. The highest BCUT2D eigenvalue weighted by Crippen LogP contribution is 2.18. The lowest BCUT2D eigenvalue weighted by Crippen LogP contribution is -2.30. The summed E-state index contributed by atoms with van der Waals surface area (Å²) in [7, 11) is -3.82. The number of rotatable bonds is 7. The summed E-state index contributed by atoms with van der Waals surface area (Å²) in [6.45, 7) is 6.37. The van der Waals surface area contributed by atoms with Gasteiger partial charge in [0.25, 0.3) is 15.9 Å². The van der Waals surface area contributed by atoms with E-state index in [2.05, 4.69) is 4.72 Å². The highest BCUT2D eigenvalue weighted by Gasteiger charge is 2.17. The molecule has 0 saturated heterocycles. The SMILES string of the molecule is CCN(CC)C(=O)c1ccc(S(=O)(=O)Nc2cccc(C(C)=O)c2)cc1. The van der Waals surface area contributed by atoms with E-state index in [1.807, 2.05) is 13.8 Å². The summed E-state index contributed by atoms with van der Waals surface area (Å²) in [5, 5.41) is 0. The molecule has 0 aliphatic heterocycles. The van der Waals surface area contributed by atoms with Crippen molar-refractivity contribution in [3.8, 4) is 0 Å². The smallest absolute Gasteiger partial charge is 0.261 e. The molecule has 0 unspecified atom stereocenters. The lowest BCUT2D eigenvalue weighted by Gasteiger charge is -2.18. The van der Waals surface area contributed by atoms with Crippen LogP contribution in [0, 0.1) is 0 Å². The van der Waals surface area contributed by atoms with Crippen LogP contribution in [0.1, 0.15) is 41.5 Å². The number of ketones is 1. The van der Waals surface area contributed by atoms with Crippen LogP contribution in [0.15, 0.2) is 53.4 Å². The van der Waals surface area contributed by atoms with Crippen molar-refractivity contribution in [1.82, 2.24) is 4.90 Å². The third kappa shape index (κ3) is 4.49. The third-order valence-electron chi connectivity index (χ3n) is 3.98. The van der Waals surface area contributed by atoms with Crippen molar-refractivity contribution in [2.45, 2.75) is 25.7 Å². The second-order valence-electron chi connectivity index (χ2n) is 5.74. The van der Waals surface area contributed by atoms with Crippen molar-refractivity contribution >= 4 is 27.4 Å². The molecule has 0 bridgehead atoms. The maximum atomic E-state index is 12.5. The number of carbonyl (C=O) groups is 2. The molecule has 6 nitrogen and oxygen atoms in total. The molecular weight excluding hydrogens is 352 g/mol. The molecule has 2 aromatic carbocycles. The maximum Gasteiger partial charge on any atom is 0.261 e. The topological polar surface area (TPSA) is 83.6 Å². The van der Waals surface area contributed by atoms with Gasteiger partial charge in [0.1, 0.15) is 0 Å². The van der Waals surface area contributed by atoms with Crippen LogP contribution in [0.5, 0.6) is 0 Å². The van der Waals surface area contributed by atoms with Crippen molar-refractivity contribution < 1.29 is 18.0 Å². The first-order valence-corrected chi connectivity index (χ1v) is 9.80. The molecule has 138 valence electrons. The quantitative estimate of drug-likeness (QED) is 0.755. The first-order chi connectivity index (χ1) is 12.3. The number of carbonyl (C=O) groups excluding carboxylic acids is 2. The molecular formula is C19H22N2O4S. The Labute approximate surface area is 153 Å². The summed E-state index contributed by atoms with van der Waals surface area (Å²) in [6, 6.07) is 12.1. The molecule has 0 atom stereocenters. The summed E-state index contributed by atoms with van der Waals surface area (Å²) in [6.07, 6.45) is 0. The van der Waals surface area contributed by atoms with Crippen LogP contribution in [0.4, 0.5) is 5.69 Å². The van der Waals surface area contributed by atoms with Gasteiger partial charge in [0.05, 0.1) is 4.90 Å². The fourth-order valence-corrected chi connectivity index (χ4v) is 3.54. The van der Waals surface area contributed by atoms with Crippen LogP contribution in [0.3, 0.4) is 0 Å². The minimum Gasteiger partial charge on any atom is -0.339 e. The Morgan fingerprint density at radius 2 is 1.58 bits per heavy atom. The number of Topliss-reactive ketones (excluding diaryl/α,β-unsaturated/α-hetero) is 1. The molecule has 0 aliphatic carbocycles. The molecule has 0 aliphatic rings. The van der Waals surface area contributed by atoms with Gasteiger partial charge in [0.2, 0.25) is 0 Å². The molecule has 0 spiro atoms. The van der Waals surface area contributed by atoms with Crippen molar-refractivity contribution in [2.24, 2.45) is 0 Å². The number of hydrogen-bond acceptors (Lipinski definition) is 4. The largest absolute Gasteiger partial charge is 0.339 e. The minimum atomic E-state index is -3.82. The normalized spacial score (nSPS) is 11.0. The third-order valence-corrected chi connectivity index (χ3v) is 5.38. The fraction of sp³-hybridized carbons (Fsp3) is 0.263. The molecule has 0 saturated carbocycles. The van der Waals surface area contributed by atoms with E-state index in [0.29, 0.717) is 29.9 Å². The number of sulfonamides is 1. The van der Waals surface area contributed by atoms with E-state index in [4.69, 9.17) is 0 Å². The zero-order valence-corrected chi connectivity index (χ0v) is 15.8. The summed E-state index contributed by atoms with van der Waals surface area (Å²) >= 11 is 0. The monoisotopic (exact) mass is 374 g/mol. The fourth-order valence-electron chi connectivity index (χ4n) is 2.49. The zero-order chi connectivity index (χ0) is 19.3. The van der Waals surface area contributed by atoms with Crippen molar-refractivity contribution in [3.63, 3.8) is 0 Å². The first kappa shape index (κ1) is 19.7. The second-order valence-corrected chi connectivity index (χ2v) is 7.43. The molecule has 0 heterocycles. The molecule has 0 fully saturated rings. The number of amides is 1. The molecule has 2 rings (SSSR count). The van der Waals surface area contributed by atoms with Gasteiger partial charge in [-0.05, 0) is 57.2 Å². The summed E-state index contributed by atoms with van der Waals surface area (Å²) in [5.41, 5.74) is 1.16. The van der Waals surface area contributed by atoms with E-state index in [1.54, 1.807) is 23.1 Å². The predicted octanol–water partition coefficient (Wildman–Crippen LogP) is 3.17. The Bertz CT molecular complexity index is 901. The van der Waals surface area contributed by atoms with Crippen LogP contribution in [-0.4, -0.2) is 38.1 Å². The van der Waals surface area contributed by atoms with Crippen molar-refractivity contribution in [3.05, 3.63) is 59.7 Å². The van der Waals surface area contributed by atoms with Crippen LogP contribution in [0.25, 0.3) is 0 Å². The molecule has 2 aromatic rings. The predicted molar refractivity (Wildman–Crippen MR) is 101 cm³/mol. The Hall–Kier alpha value is -2.67. The number of benzene rings is 2. The van der Waals surface area contributed by atoms with E-state index in [0.717, 1.165) is 0 Å². The average Bonchev–Trinajstić information content (AvgIpc) is 2.62. The van der Waals surface area contributed by atoms with Crippen LogP contribution >= 0.6 is 0 Å². The first-order valence-electron chi connectivity index (χ1n) is 8.31. The van der Waals surface area contributed by atoms with Crippen molar-refractivity contribution in [1.29, 1.82) is 0 Å². The highest BCUT2D eigenvalue weighted by atomic mass is 32.2. The van der Waals surface area contributed by atoms with E-state index in [1.165, 1.54) is 37.3 Å². The van der Waals surface area contributed by atoms with Gasteiger partial charge < -0.3 is 4.90 Å². The van der Waals surface area contributed by atoms with Gasteiger partial charge in [-0.2, -0.15) is 0 Å². The van der Waals surface area contributed by atoms with Gasteiger partial charge in [0.15, 0.2) is 5.78 Å². The summed E-state index contributed by atoms with van der Waals surface area (Å²) in [4.78, 5) is 25.4. The Kier molecular flexibility index (Phi) is 6.15. The zero-order valence-electron chi connectivity index (χ0n) is 15.0. The van der Waals surface area contributed by atoms with Gasteiger partial charge in [-0.1, -0.05) is 12.1 Å².